The molecule has 1 aliphatic heterocycles. The molecule has 0 aliphatic carbocycles. The molecule has 0 saturated heterocycles. The molecule has 1 aliphatic rings. The summed E-state index contributed by atoms with van der Waals surface area (Å²) in [6.45, 7) is 6.18. The number of hydrogen-bond donors (Lipinski definition) is 2. The lowest BCUT2D eigenvalue weighted by Crippen LogP contribution is -2.36. The van der Waals surface area contributed by atoms with Gasteiger partial charge in [0.05, 0.1) is 37.4 Å². The Bertz CT molecular complexity index is 1100. The van der Waals surface area contributed by atoms with Gasteiger partial charge in [-0.3, -0.25) is 14.8 Å². The van der Waals surface area contributed by atoms with Gasteiger partial charge >= 0.3 is 0 Å². The first kappa shape index (κ1) is 20.2. The standard InChI is InChI=1S/C22H27N5O3/c1-13(2)21-24-17-7-8-27(12-16(17)22(28)25-21)11-15-10-23-26-20(15)14-5-6-18(29-3)19(9-14)30-4/h5-6,9-10,13H,7-8,11-12H2,1-4H3,(H,23,26)(H,24,25,28). The van der Waals surface area contributed by atoms with Crippen LogP contribution in [0.1, 0.15) is 42.4 Å². The molecule has 0 unspecified atom stereocenters. The molecule has 158 valence electrons. The van der Waals surface area contributed by atoms with Crippen molar-refractivity contribution < 1.29 is 9.47 Å². The van der Waals surface area contributed by atoms with Gasteiger partial charge in [-0.05, 0) is 18.2 Å². The van der Waals surface area contributed by atoms with Gasteiger partial charge < -0.3 is 14.5 Å². The Hall–Kier alpha value is -3.13. The summed E-state index contributed by atoms with van der Waals surface area (Å²) in [5, 5.41) is 7.35. The van der Waals surface area contributed by atoms with Crippen LogP contribution in [0.4, 0.5) is 0 Å². The van der Waals surface area contributed by atoms with Crippen molar-refractivity contribution in [3.8, 4) is 22.8 Å². The van der Waals surface area contributed by atoms with E-state index in [4.69, 9.17) is 9.47 Å². The smallest absolute Gasteiger partial charge is 0.255 e. The summed E-state index contributed by atoms with van der Waals surface area (Å²) in [5.41, 5.74) is 4.63. The molecule has 0 fully saturated rings. The lowest BCUT2D eigenvalue weighted by Gasteiger charge is -2.28. The van der Waals surface area contributed by atoms with E-state index in [1.807, 2.05) is 38.2 Å². The molecular weight excluding hydrogens is 382 g/mol. The van der Waals surface area contributed by atoms with Gasteiger partial charge in [-0.15, -0.1) is 0 Å². The minimum Gasteiger partial charge on any atom is -0.493 e. The molecule has 8 nitrogen and oxygen atoms in total. The predicted molar refractivity (Wildman–Crippen MR) is 114 cm³/mol. The van der Waals surface area contributed by atoms with E-state index < -0.39 is 0 Å². The fraction of sp³-hybridized carbons (Fsp3) is 0.409. The third kappa shape index (κ3) is 3.82. The second-order valence-corrected chi connectivity index (χ2v) is 7.83. The lowest BCUT2D eigenvalue weighted by atomic mass is 10.0. The highest BCUT2D eigenvalue weighted by atomic mass is 16.5. The first-order chi connectivity index (χ1) is 14.5. The molecule has 30 heavy (non-hydrogen) atoms. The zero-order chi connectivity index (χ0) is 21.3. The van der Waals surface area contributed by atoms with Gasteiger partial charge in [0, 0.05) is 43.1 Å². The highest BCUT2D eigenvalue weighted by Gasteiger charge is 2.23. The topological polar surface area (TPSA) is 96.1 Å². The molecule has 0 radical (unpaired) electrons. The van der Waals surface area contributed by atoms with Crippen molar-refractivity contribution in [3.05, 3.63) is 57.4 Å². The Morgan fingerprint density at radius 2 is 2.00 bits per heavy atom. The number of aromatic nitrogens is 4. The Morgan fingerprint density at radius 3 is 2.73 bits per heavy atom. The SMILES string of the molecule is COc1ccc(-c2[nH]ncc2CN2CCc3nc(C(C)C)[nH]c(=O)c3C2)cc1OC. The van der Waals surface area contributed by atoms with E-state index in [0.29, 0.717) is 24.6 Å². The van der Waals surface area contributed by atoms with E-state index >= 15 is 0 Å². The summed E-state index contributed by atoms with van der Waals surface area (Å²) >= 11 is 0. The second kappa shape index (κ2) is 8.31. The number of nitrogens with zero attached hydrogens (tertiary/aromatic N) is 3. The van der Waals surface area contributed by atoms with Gasteiger partial charge in [0.2, 0.25) is 0 Å². The predicted octanol–water partition coefficient (Wildman–Crippen LogP) is 2.86. The lowest BCUT2D eigenvalue weighted by molar-refractivity contribution is 0.241. The molecule has 3 aromatic rings. The third-order valence-electron chi connectivity index (χ3n) is 5.50. The Kier molecular flexibility index (Phi) is 5.59. The summed E-state index contributed by atoms with van der Waals surface area (Å²) < 4.78 is 10.8. The van der Waals surface area contributed by atoms with E-state index in [0.717, 1.165) is 46.9 Å². The first-order valence-corrected chi connectivity index (χ1v) is 10.1. The van der Waals surface area contributed by atoms with Gasteiger partial charge in [0.25, 0.3) is 5.56 Å². The zero-order valence-corrected chi connectivity index (χ0v) is 17.8. The maximum absolute atomic E-state index is 12.6. The normalized spacial score (nSPS) is 14.0. The van der Waals surface area contributed by atoms with Crippen LogP contribution in [0.3, 0.4) is 0 Å². The monoisotopic (exact) mass is 409 g/mol. The number of methoxy groups -OCH3 is 2. The zero-order valence-electron chi connectivity index (χ0n) is 17.8. The van der Waals surface area contributed by atoms with Gasteiger partial charge in [0.1, 0.15) is 5.82 Å². The van der Waals surface area contributed by atoms with Crippen LogP contribution in [0, 0.1) is 0 Å². The van der Waals surface area contributed by atoms with Crippen LogP contribution < -0.4 is 15.0 Å². The van der Waals surface area contributed by atoms with Crippen LogP contribution in [0.15, 0.2) is 29.2 Å². The van der Waals surface area contributed by atoms with Crippen molar-refractivity contribution in [1.82, 2.24) is 25.1 Å². The van der Waals surface area contributed by atoms with Crippen LogP contribution >= 0.6 is 0 Å². The molecule has 0 bridgehead atoms. The van der Waals surface area contributed by atoms with E-state index in [1.165, 1.54) is 0 Å². The fourth-order valence-corrected chi connectivity index (χ4v) is 3.82. The van der Waals surface area contributed by atoms with Crippen molar-refractivity contribution in [2.45, 2.75) is 39.3 Å². The van der Waals surface area contributed by atoms with Crippen LogP contribution in [0.5, 0.6) is 11.5 Å². The average Bonchev–Trinajstić information content (AvgIpc) is 3.21. The largest absolute Gasteiger partial charge is 0.493 e. The van der Waals surface area contributed by atoms with Gasteiger partial charge in [0.15, 0.2) is 11.5 Å². The molecule has 3 heterocycles. The Labute approximate surface area is 175 Å². The van der Waals surface area contributed by atoms with Crippen molar-refractivity contribution in [2.75, 3.05) is 20.8 Å². The number of benzene rings is 1. The van der Waals surface area contributed by atoms with Crippen LogP contribution in [0.2, 0.25) is 0 Å². The van der Waals surface area contributed by atoms with Crippen LogP contribution in [-0.2, 0) is 19.5 Å². The van der Waals surface area contributed by atoms with Crippen molar-refractivity contribution >= 4 is 0 Å². The molecule has 0 saturated carbocycles. The molecular formula is C22H27N5O3. The highest BCUT2D eigenvalue weighted by Crippen LogP contribution is 2.33. The van der Waals surface area contributed by atoms with E-state index in [9.17, 15) is 4.79 Å². The number of aromatic amines is 2. The summed E-state index contributed by atoms with van der Waals surface area (Å²) in [7, 11) is 3.24. The number of nitrogens with one attached hydrogen (secondary N) is 2. The maximum Gasteiger partial charge on any atom is 0.255 e. The quantitative estimate of drug-likeness (QED) is 0.650. The number of rotatable bonds is 6. The van der Waals surface area contributed by atoms with E-state index in [-0.39, 0.29) is 11.5 Å². The second-order valence-electron chi connectivity index (χ2n) is 7.83. The summed E-state index contributed by atoms with van der Waals surface area (Å²) in [6.07, 6.45) is 2.61. The van der Waals surface area contributed by atoms with Crippen molar-refractivity contribution in [1.29, 1.82) is 0 Å². The number of hydrogen-bond acceptors (Lipinski definition) is 6. The van der Waals surface area contributed by atoms with E-state index in [1.54, 1.807) is 14.2 Å². The van der Waals surface area contributed by atoms with Gasteiger partial charge in [-0.1, -0.05) is 13.8 Å². The van der Waals surface area contributed by atoms with Crippen molar-refractivity contribution in [3.63, 3.8) is 0 Å². The summed E-state index contributed by atoms with van der Waals surface area (Å²) in [6, 6.07) is 5.79. The molecule has 0 spiro atoms. The Morgan fingerprint density at radius 1 is 1.20 bits per heavy atom. The molecule has 1 aromatic carbocycles. The number of ether oxygens (including phenoxy) is 2. The summed E-state index contributed by atoms with van der Waals surface area (Å²) in [5.74, 6) is 2.32. The number of fused-ring (bicyclic) bond motifs is 1. The Balaban J connectivity index is 1.57. The molecule has 8 heteroatoms. The molecule has 2 N–H and O–H groups in total. The third-order valence-corrected chi connectivity index (χ3v) is 5.50. The molecule has 4 rings (SSSR count). The molecule has 0 atom stereocenters. The minimum atomic E-state index is -0.0271. The van der Waals surface area contributed by atoms with Gasteiger partial charge in [-0.2, -0.15) is 5.10 Å². The minimum absolute atomic E-state index is 0.0271. The van der Waals surface area contributed by atoms with Crippen molar-refractivity contribution in [2.24, 2.45) is 0 Å². The van der Waals surface area contributed by atoms with Gasteiger partial charge in [-0.25, -0.2) is 4.98 Å². The molecule has 0 amide bonds. The van der Waals surface area contributed by atoms with E-state index in [2.05, 4.69) is 25.1 Å². The maximum atomic E-state index is 12.6. The first-order valence-electron chi connectivity index (χ1n) is 10.1. The molecule has 2 aromatic heterocycles. The number of H-pyrrole nitrogens is 2. The fourth-order valence-electron chi connectivity index (χ4n) is 3.82. The van der Waals surface area contributed by atoms with Crippen LogP contribution in [-0.4, -0.2) is 45.8 Å². The average molecular weight is 409 g/mol. The summed E-state index contributed by atoms with van der Waals surface area (Å²) in [4.78, 5) is 22.5. The highest BCUT2D eigenvalue weighted by molar-refractivity contribution is 5.66. The van der Waals surface area contributed by atoms with Crippen LogP contribution in [0.25, 0.3) is 11.3 Å².